The topological polar surface area (TPSA) is 37.6 Å². The van der Waals surface area contributed by atoms with Gasteiger partial charge in [0.2, 0.25) is 0 Å². The van der Waals surface area contributed by atoms with Crippen molar-refractivity contribution in [1.82, 2.24) is 14.5 Å². The Morgan fingerprint density at radius 3 is 2.89 bits per heavy atom. The van der Waals surface area contributed by atoms with Crippen molar-refractivity contribution in [2.45, 2.75) is 38.1 Å². The quantitative estimate of drug-likeness (QED) is 0.829. The second kappa shape index (κ2) is 5.03. The first-order valence-electron chi connectivity index (χ1n) is 6.97. The van der Waals surface area contributed by atoms with E-state index in [9.17, 15) is 4.79 Å². The number of rotatable bonds is 2. The lowest BCUT2D eigenvalue weighted by atomic mass is 9.94. The summed E-state index contributed by atoms with van der Waals surface area (Å²) in [6, 6.07) is 6.18. The van der Waals surface area contributed by atoms with Crippen molar-refractivity contribution >= 4 is 11.4 Å². The van der Waals surface area contributed by atoms with E-state index in [-0.39, 0.29) is 5.91 Å². The summed E-state index contributed by atoms with van der Waals surface area (Å²) < 4.78 is 1.75. The molecule has 0 spiro atoms. The van der Waals surface area contributed by atoms with E-state index in [0.29, 0.717) is 11.6 Å². The highest BCUT2D eigenvalue weighted by atomic mass is 16.2. The average molecular weight is 257 g/mol. The van der Waals surface area contributed by atoms with Crippen molar-refractivity contribution in [2.24, 2.45) is 0 Å². The average Bonchev–Trinajstić information content (AvgIpc) is 2.90. The zero-order chi connectivity index (χ0) is 13.2. The molecular weight excluding hydrogens is 238 g/mol. The van der Waals surface area contributed by atoms with Gasteiger partial charge in [-0.1, -0.05) is 25.3 Å². The lowest BCUT2D eigenvalue weighted by Gasteiger charge is -2.31. The number of aromatic nitrogens is 2. The molecule has 0 radical (unpaired) electrons. The first kappa shape index (κ1) is 12.2. The molecule has 1 fully saturated rings. The van der Waals surface area contributed by atoms with Crippen molar-refractivity contribution in [3.63, 3.8) is 0 Å². The third kappa shape index (κ3) is 2.23. The number of amides is 1. The molecule has 19 heavy (non-hydrogen) atoms. The van der Waals surface area contributed by atoms with Crippen LogP contribution >= 0.6 is 0 Å². The van der Waals surface area contributed by atoms with Crippen molar-refractivity contribution in [1.29, 1.82) is 0 Å². The highest BCUT2D eigenvalue weighted by Gasteiger charge is 2.24. The highest BCUT2D eigenvalue weighted by molar-refractivity contribution is 6.00. The minimum atomic E-state index is 0.0908. The second-order valence-corrected chi connectivity index (χ2v) is 5.30. The number of carbonyl (C=O) groups is 1. The van der Waals surface area contributed by atoms with Gasteiger partial charge in [0.05, 0.1) is 17.3 Å². The number of nitrogens with zero attached hydrogens (tertiary/aromatic N) is 3. The van der Waals surface area contributed by atoms with Crippen LogP contribution < -0.4 is 0 Å². The summed E-state index contributed by atoms with van der Waals surface area (Å²) in [5.41, 5.74) is 1.59. The van der Waals surface area contributed by atoms with Gasteiger partial charge in [-0.15, -0.1) is 0 Å². The Hall–Kier alpha value is -1.84. The molecule has 1 saturated carbocycles. The van der Waals surface area contributed by atoms with E-state index in [2.05, 4.69) is 5.10 Å². The predicted molar refractivity (Wildman–Crippen MR) is 74.2 cm³/mol. The number of hydrogen-bond donors (Lipinski definition) is 0. The summed E-state index contributed by atoms with van der Waals surface area (Å²) in [5.74, 6) is 0.0908. The summed E-state index contributed by atoms with van der Waals surface area (Å²) in [5, 5.41) is 4.24. The molecule has 2 aromatic heterocycles. The normalized spacial score (nSPS) is 16.7. The molecule has 4 heteroatoms. The molecule has 0 N–H and O–H groups in total. The van der Waals surface area contributed by atoms with Gasteiger partial charge in [-0.3, -0.25) is 4.79 Å². The van der Waals surface area contributed by atoms with E-state index in [1.54, 1.807) is 10.7 Å². The maximum Gasteiger partial charge on any atom is 0.257 e. The molecule has 1 aliphatic carbocycles. The van der Waals surface area contributed by atoms with Crippen molar-refractivity contribution in [2.75, 3.05) is 7.05 Å². The SMILES string of the molecule is CN(C(=O)c1cnn2ccccc12)C1CCCCC1. The zero-order valence-electron chi connectivity index (χ0n) is 11.2. The number of carbonyl (C=O) groups excluding carboxylic acids is 1. The lowest BCUT2D eigenvalue weighted by molar-refractivity contribution is 0.0698. The van der Waals surface area contributed by atoms with Crippen molar-refractivity contribution in [3.05, 3.63) is 36.2 Å². The third-order valence-electron chi connectivity index (χ3n) is 4.10. The molecule has 1 amide bonds. The van der Waals surface area contributed by atoms with Gasteiger partial charge in [-0.25, -0.2) is 4.52 Å². The van der Waals surface area contributed by atoms with Gasteiger partial charge in [0, 0.05) is 19.3 Å². The fourth-order valence-corrected chi connectivity index (χ4v) is 2.92. The van der Waals surface area contributed by atoms with Gasteiger partial charge >= 0.3 is 0 Å². The van der Waals surface area contributed by atoms with Crippen LogP contribution in [0.5, 0.6) is 0 Å². The van der Waals surface area contributed by atoms with E-state index in [1.165, 1.54) is 19.3 Å². The van der Waals surface area contributed by atoms with Crippen molar-refractivity contribution < 1.29 is 4.79 Å². The predicted octanol–water partition coefficient (Wildman–Crippen LogP) is 2.74. The Kier molecular flexibility index (Phi) is 3.23. The van der Waals surface area contributed by atoms with Crippen LogP contribution in [0.2, 0.25) is 0 Å². The molecule has 2 heterocycles. The van der Waals surface area contributed by atoms with Gasteiger partial charge in [0.1, 0.15) is 0 Å². The van der Waals surface area contributed by atoms with Gasteiger partial charge in [0.25, 0.3) is 5.91 Å². The van der Waals surface area contributed by atoms with Gasteiger partial charge in [0.15, 0.2) is 0 Å². The minimum absolute atomic E-state index is 0.0908. The van der Waals surface area contributed by atoms with E-state index in [4.69, 9.17) is 0 Å². The van der Waals surface area contributed by atoms with Crippen LogP contribution in [0, 0.1) is 0 Å². The molecule has 3 rings (SSSR count). The summed E-state index contributed by atoms with van der Waals surface area (Å²) in [6.07, 6.45) is 9.57. The monoisotopic (exact) mass is 257 g/mol. The van der Waals surface area contributed by atoms with Crippen LogP contribution in [0.15, 0.2) is 30.6 Å². The van der Waals surface area contributed by atoms with E-state index in [1.807, 2.05) is 36.3 Å². The molecule has 0 unspecified atom stereocenters. The largest absolute Gasteiger partial charge is 0.339 e. The molecule has 2 aromatic rings. The first-order chi connectivity index (χ1) is 9.27. The summed E-state index contributed by atoms with van der Waals surface area (Å²) in [7, 11) is 1.92. The van der Waals surface area contributed by atoms with Crippen LogP contribution in [-0.2, 0) is 0 Å². The van der Waals surface area contributed by atoms with Gasteiger partial charge in [-0.05, 0) is 25.0 Å². The summed E-state index contributed by atoms with van der Waals surface area (Å²) in [4.78, 5) is 14.5. The van der Waals surface area contributed by atoms with Crippen LogP contribution in [0.1, 0.15) is 42.5 Å². The lowest BCUT2D eigenvalue weighted by Crippen LogP contribution is -2.38. The molecule has 0 aliphatic heterocycles. The molecule has 0 aromatic carbocycles. The zero-order valence-corrected chi connectivity index (χ0v) is 11.2. The maximum atomic E-state index is 12.6. The Morgan fingerprint density at radius 2 is 2.11 bits per heavy atom. The van der Waals surface area contributed by atoms with E-state index in [0.717, 1.165) is 18.4 Å². The van der Waals surface area contributed by atoms with Crippen LogP contribution in [0.3, 0.4) is 0 Å². The Bertz CT molecular complexity index is 584. The molecule has 0 bridgehead atoms. The van der Waals surface area contributed by atoms with Crippen LogP contribution in [0.4, 0.5) is 0 Å². The smallest absolute Gasteiger partial charge is 0.257 e. The molecular formula is C15H19N3O. The Morgan fingerprint density at radius 1 is 1.32 bits per heavy atom. The van der Waals surface area contributed by atoms with Crippen molar-refractivity contribution in [3.8, 4) is 0 Å². The molecule has 4 nitrogen and oxygen atoms in total. The number of pyridine rings is 1. The first-order valence-corrected chi connectivity index (χ1v) is 6.97. The standard InChI is InChI=1S/C15H19N3O/c1-17(12-7-3-2-4-8-12)15(19)13-11-16-18-10-6-5-9-14(13)18/h5-6,9-12H,2-4,7-8H2,1H3. The molecule has 100 valence electrons. The fourth-order valence-electron chi connectivity index (χ4n) is 2.92. The van der Waals surface area contributed by atoms with Gasteiger partial charge in [-0.2, -0.15) is 5.10 Å². The van der Waals surface area contributed by atoms with Crippen LogP contribution in [0.25, 0.3) is 5.52 Å². The molecule has 0 atom stereocenters. The summed E-state index contributed by atoms with van der Waals surface area (Å²) >= 11 is 0. The molecule has 0 saturated heterocycles. The second-order valence-electron chi connectivity index (χ2n) is 5.30. The highest BCUT2D eigenvalue weighted by Crippen LogP contribution is 2.23. The third-order valence-corrected chi connectivity index (χ3v) is 4.10. The maximum absolute atomic E-state index is 12.6. The Labute approximate surface area is 113 Å². The molecule has 1 aliphatic rings. The fraction of sp³-hybridized carbons (Fsp3) is 0.467. The minimum Gasteiger partial charge on any atom is -0.339 e. The van der Waals surface area contributed by atoms with Gasteiger partial charge < -0.3 is 4.90 Å². The van der Waals surface area contributed by atoms with Crippen LogP contribution in [-0.4, -0.2) is 33.5 Å². The summed E-state index contributed by atoms with van der Waals surface area (Å²) in [6.45, 7) is 0. The number of hydrogen-bond acceptors (Lipinski definition) is 2. The Balaban J connectivity index is 1.86. The van der Waals surface area contributed by atoms with E-state index < -0.39 is 0 Å². The number of fused-ring (bicyclic) bond motifs is 1. The van der Waals surface area contributed by atoms with E-state index >= 15 is 0 Å².